The average molecular weight is 319 g/mol. The molecule has 6 nitrogen and oxygen atoms in total. The second kappa shape index (κ2) is 4.62. The molecule has 0 aromatic carbocycles. The fourth-order valence-electron chi connectivity index (χ4n) is 4.05. The Bertz CT molecular complexity index is 919. The molecule has 4 rings (SSSR count). The highest BCUT2D eigenvalue weighted by Gasteiger charge is 2.41. The molecule has 3 atom stereocenters. The molecule has 0 spiro atoms. The van der Waals surface area contributed by atoms with E-state index in [9.17, 15) is 13.2 Å². The average Bonchev–Trinajstić information content (AvgIpc) is 3.08. The van der Waals surface area contributed by atoms with E-state index in [2.05, 4.69) is 9.97 Å². The van der Waals surface area contributed by atoms with E-state index < -0.39 is 9.84 Å². The Labute approximate surface area is 128 Å². The van der Waals surface area contributed by atoms with Crippen LogP contribution in [-0.4, -0.2) is 29.2 Å². The van der Waals surface area contributed by atoms with Crippen LogP contribution in [0.15, 0.2) is 28.3 Å². The Hall–Kier alpha value is -1.76. The first kappa shape index (κ1) is 13.9. The summed E-state index contributed by atoms with van der Waals surface area (Å²) < 4.78 is 25.1. The molecule has 2 fully saturated rings. The van der Waals surface area contributed by atoms with Crippen LogP contribution in [-0.2, 0) is 9.84 Å². The summed E-state index contributed by atoms with van der Waals surface area (Å²) in [6.07, 6.45) is 7.10. The van der Waals surface area contributed by atoms with E-state index in [1.54, 1.807) is 10.6 Å². The molecular formula is C15H17N3O3S. The van der Waals surface area contributed by atoms with E-state index in [0.717, 1.165) is 25.5 Å². The number of hydrogen-bond acceptors (Lipinski definition) is 5. The summed E-state index contributed by atoms with van der Waals surface area (Å²) in [6, 6.07) is 3.32. The maximum absolute atomic E-state index is 12.4. The summed E-state index contributed by atoms with van der Waals surface area (Å²) in [7, 11) is -3.50. The monoisotopic (exact) mass is 319 g/mol. The number of pyridine rings is 1. The molecule has 0 amide bonds. The van der Waals surface area contributed by atoms with E-state index in [0.29, 0.717) is 22.9 Å². The van der Waals surface area contributed by atoms with Crippen LogP contribution in [0.25, 0.3) is 11.0 Å². The summed E-state index contributed by atoms with van der Waals surface area (Å²) >= 11 is 0. The lowest BCUT2D eigenvalue weighted by atomic mass is 9.95. The van der Waals surface area contributed by atoms with Crippen molar-refractivity contribution in [3.8, 4) is 0 Å². The molecule has 0 aliphatic heterocycles. The van der Waals surface area contributed by atoms with Crippen LogP contribution in [0.3, 0.4) is 0 Å². The number of sulfone groups is 1. The predicted molar refractivity (Wildman–Crippen MR) is 81.4 cm³/mol. The van der Waals surface area contributed by atoms with Crippen LogP contribution in [0.1, 0.15) is 31.7 Å². The zero-order valence-electron chi connectivity index (χ0n) is 12.3. The van der Waals surface area contributed by atoms with Gasteiger partial charge in [0.05, 0.1) is 0 Å². The molecule has 0 unspecified atom stereocenters. The van der Waals surface area contributed by atoms with Gasteiger partial charge in [0.2, 0.25) is 15.0 Å². The molecule has 0 radical (unpaired) electrons. The topological polar surface area (TPSA) is 81.9 Å². The second-order valence-electron chi connectivity index (χ2n) is 6.49. The van der Waals surface area contributed by atoms with Crippen LogP contribution in [0.4, 0.5) is 0 Å². The first-order valence-corrected chi connectivity index (χ1v) is 9.41. The van der Waals surface area contributed by atoms with E-state index in [4.69, 9.17) is 0 Å². The van der Waals surface area contributed by atoms with E-state index in [1.165, 1.54) is 18.7 Å². The Morgan fingerprint density at radius 1 is 1.23 bits per heavy atom. The Kier molecular flexibility index (Phi) is 2.91. The molecule has 22 heavy (non-hydrogen) atoms. The maximum Gasteiger partial charge on any atom is 0.252 e. The highest BCUT2D eigenvalue weighted by molar-refractivity contribution is 7.90. The van der Waals surface area contributed by atoms with Crippen molar-refractivity contribution in [1.82, 2.24) is 14.5 Å². The van der Waals surface area contributed by atoms with Crippen molar-refractivity contribution in [2.24, 2.45) is 11.8 Å². The highest BCUT2D eigenvalue weighted by atomic mass is 32.2. The van der Waals surface area contributed by atoms with E-state index in [-0.39, 0.29) is 16.8 Å². The fourth-order valence-corrected chi connectivity index (χ4v) is 4.55. The third kappa shape index (κ3) is 2.06. The van der Waals surface area contributed by atoms with Crippen LogP contribution >= 0.6 is 0 Å². The number of rotatable bonds is 2. The number of fused-ring (bicyclic) bond motifs is 3. The minimum atomic E-state index is -3.50. The third-order valence-electron chi connectivity index (χ3n) is 5.01. The van der Waals surface area contributed by atoms with Gasteiger partial charge in [0.1, 0.15) is 5.65 Å². The van der Waals surface area contributed by atoms with Gasteiger partial charge in [-0.25, -0.2) is 13.4 Å². The van der Waals surface area contributed by atoms with Gasteiger partial charge in [0.25, 0.3) is 5.56 Å². The first-order chi connectivity index (χ1) is 10.4. The summed E-state index contributed by atoms with van der Waals surface area (Å²) in [6.45, 7) is 0. The van der Waals surface area contributed by atoms with Crippen molar-refractivity contribution in [3.63, 3.8) is 0 Å². The predicted octanol–water partition coefficient (Wildman–Crippen LogP) is 1.56. The normalized spacial score (nSPS) is 27.6. The molecule has 2 heterocycles. The maximum atomic E-state index is 12.4. The zero-order valence-corrected chi connectivity index (χ0v) is 13.1. The lowest BCUT2D eigenvalue weighted by Gasteiger charge is -2.25. The van der Waals surface area contributed by atoms with Gasteiger partial charge in [-0.05, 0) is 37.2 Å². The molecule has 2 aliphatic carbocycles. The molecule has 2 bridgehead atoms. The van der Waals surface area contributed by atoms with Crippen LogP contribution in [0.2, 0.25) is 0 Å². The molecule has 116 valence electrons. The number of nitrogens with zero attached hydrogens (tertiary/aromatic N) is 3. The second-order valence-corrected chi connectivity index (χ2v) is 8.40. The Morgan fingerprint density at radius 2 is 2.05 bits per heavy atom. The summed E-state index contributed by atoms with van der Waals surface area (Å²) in [5.74, 6) is 1.19. The van der Waals surface area contributed by atoms with Gasteiger partial charge < -0.3 is 0 Å². The molecule has 2 saturated carbocycles. The molecule has 2 aliphatic rings. The molecule has 2 aromatic heterocycles. The van der Waals surface area contributed by atoms with Crippen LogP contribution in [0, 0.1) is 11.8 Å². The van der Waals surface area contributed by atoms with Crippen molar-refractivity contribution in [2.45, 2.75) is 36.9 Å². The number of aromatic nitrogens is 3. The third-order valence-corrected chi connectivity index (χ3v) is 5.87. The van der Waals surface area contributed by atoms with Gasteiger partial charge in [-0.2, -0.15) is 4.98 Å². The minimum absolute atomic E-state index is 0.108. The fraction of sp³-hybridized carbons (Fsp3) is 0.533. The van der Waals surface area contributed by atoms with Gasteiger partial charge in [0, 0.05) is 29.9 Å². The van der Waals surface area contributed by atoms with Gasteiger partial charge >= 0.3 is 0 Å². The van der Waals surface area contributed by atoms with Gasteiger partial charge in [-0.1, -0.05) is 6.42 Å². The van der Waals surface area contributed by atoms with Gasteiger partial charge in [-0.3, -0.25) is 9.36 Å². The largest absolute Gasteiger partial charge is 0.289 e. The summed E-state index contributed by atoms with van der Waals surface area (Å²) in [5, 5.41) is 0.484. The van der Waals surface area contributed by atoms with Gasteiger partial charge in [-0.15, -0.1) is 0 Å². The quantitative estimate of drug-likeness (QED) is 0.785. The van der Waals surface area contributed by atoms with Crippen molar-refractivity contribution in [1.29, 1.82) is 0 Å². The lowest BCUT2D eigenvalue weighted by molar-refractivity contribution is 0.329. The Morgan fingerprint density at radius 3 is 2.68 bits per heavy atom. The first-order valence-electron chi connectivity index (χ1n) is 7.52. The van der Waals surface area contributed by atoms with Crippen LogP contribution in [0.5, 0.6) is 0 Å². The van der Waals surface area contributed by atoms with E-state index >= 15 is 0 Å². The SMILES string of the molecule is CS(=O)(=O)c1ncc2ccc(=O)n([C@H]3C[C@@H]4CC[C@H]3C4)c2n1. The summed E-state index contributed by atoms with van der Waals surface area (Å²) in [5.41, 5.74) is 0.337. The summed E-state index contributed by atoms with van der Waals surface area (Å²) in [4.78, 5) is 20.5. The molecule has 7 heteroatoms. The molecular weight excluding hydrogens is 302 g/mol. The minimum Gasteiger partial charge on any atom is -0.289 e. The molecule has 0 saturated heterocycles. The highest BCUT2D eigenvalue weighted by Crippen LogP contribution is 2.50. The lowest BCUT2D eigenvalue weighted by Crippen LogP contribution is -2.28. The van der Waals surface area contributed by atoms with Crippen molar-refractivity contribution < 1.29 is 8.42 Å². The van der Waals surface area contributed by atoms with Crippen molar-refractivity contribution in [2.75, 3.05) is 6.26 Å². The smallest absolute Gasteiger partial charge is 0.252 e. The number of hydrogen-bond donors (Lipinski definition) is 0. The van der Waals surface area contributed by atoms with Crippen molar-refractivity contribution >= 4 is 20.9 Å². The standard InChI is InChI=1S/C15H17N3O3S/c1-22(20,21)15-16-8-11-4-5-13(19)18(14(11)17-15)12-7-9-2-3-10(12)6-9/h4-5,8-10,12H,2-3,6-7H2,1H3/t9-,10+,12+/m1/s1. The Balaban J connectivity index is 1.96. The zero-order chi connectivity index (χ0) is 15.5. The van der Waals surface area contributed by atoms with E-state index in [1.807, 2.05) is 0 Å². The molecule has 0 N–H and O–H groups in total. The van der Waals surface area contributed by atoms with Gasteiger partial charge in [0.15, 0.2) is 0 Å². The van der Waals surface area contributed by atoms with Crippen LogP contribution < -0.4 is 5.56 Å². The van der Waals surface area contributed by atoms with Crippen molar-refractivity contribution in [3.05, 3.63) is 28.7 Å². The molecule has 2 aromatic rings.